The third kappa shape index (κ3) is 6.72. The zero-order valence-corrected chi connectivity index (χ0v) is 34.1. The van der Waals surface area contributed by atoms with Gasteiger partial charge in [-0.25, -0.2) is 0 Å². The number of anilines is 9. The molecule has 0 unspecified atom stereocenters. The van der Waals surface area contributed by atoms with Gasteiger partial charge in [0.1, 0.15) is 0 Å². The Kier molecular flexibility index (Phi) is 11.5. The molecule has 0 heterocycles. The van der Waals surface area contributed by atoms with Gasteiger partial charge >= 0.3 is 0 Å². The van der Waals surface area contributed by atoms with Crippen LogP contribution in [0.1, 0.15) is 0 Å². The fourth-order valence-electron chi connectivity index (χ4n) is 6.74. The summed E-state index contributed by atoms with van der Waals surface area (Å²) in [5, 5.41) is 3.44. The highest BCUT2D eigenvalue weighted by Gasteiger charge is 2.47. The average Bonchev–Trinajstić information content (AvgIpc) is 2.97. The molecule has 0 spiro atoms. The smallest absolute Gasteiger partial charge is 0.254 e. The standard InChI is InChI=1S/C36H60ClN9Si/c1-38(2)25-19-22-28(34(44(13)14)31(25)41(7)8)47(37,29-23-20-26(39(3)4)32(42(9)10)35(29)45(15)16)30-24-21-27(40(5)6)33(43(11)12)36(30)46(17)18/h19-24H,1-18H3. The third-order valence-electron chi connectivity index (χ3n) is 8.63. The van der Waals surface area contributed by atoms with Crippen molar-refractivity contribution < 1.29 is 0 Å². The summed E-state index contributed by atoms with van der Waals surface area (Å²) in [6, 6.07) is 13.6. The molecule has 0 saturated heterocycles. The topological polar surface area (TPSA) is 29.2 Å². The molecule has 3 rings (SSSR count). The van der Waals surface area contributed by atoms with Gasteiger partial charge in [-0.15, -0.1) is 11.1 Å². The Morgan fingerprint density at radius 1 is 0.298 bits per heavy atom. The summed E-state index contributed by atoms with van der Waals surface area (Å²) in [4.78, 5) is 20.0. The Morgan fingerprint density at radius 3 is 0.638 bits per heavy atom. The van der Waals surface area contributed by atoms with Crippen molar-refractivity contribution in [3.63, 3.8) is 0 Å². The molecule has 0 radical (unpaired) electrons. The third-order valence-corrected chi connectivity index (χ3v) is 13.9. The minimum atomic E-state index is -3.39. The van der Waals surface area contributed by atoms with Gasteiger partial charge in [-0.1, -0.05) is 18.2 Å². The lowest BCUT2D eigenvalue weighted by Gasteiger charge is -2.40. The van der Waals surface area contributed by atoms with Crippen LogP contribution in [0.2, 0.25) is 0 Å². The molecule has 3 aromatic rings. The second-order valence-electron chi connectivity index (χ2n) is 14.2. The van der Waals surface area contributed by atoms with Gasteiger partial charge in [-0.05, 0) is 33.8 Å². The van der Waals surface area contributed by atoms with Gasteiger partial charge in [-0.3, -0.25) is 0 Å². The second-order valence-corrected chi connectivity index (χ2v) is 18.8. The van der Waals surface area contributed by atoms with E-state index in [1.807, 2.05) is 0 Å². The van der Waals surface area contributed by atoms with E-state index >= 15 is 0 Å². The Hall–Kier alpha value is -3.63. The van der Waals surface area contributed by atoms with Crippen molar-refractivity contribution in [2.24, 2.45) is 0 Å². The highest BCUT2D eigenvalue weighted by molar-refractivity contribution is 7.41. The van der Waals surface area contributed by atoms with E-state index in [1.165, 1.54) is 0 Å². The van der Waals surface area contributed by atoms with Crippen molar-refractivity contribution in [3.8, 4) is 0 Å². The van der Waals surface area contributed by atoms with E-state index in [0.29, 0.717) is 0 Å². The number of benzene rings is 3. The maximum absolute atomic E-state index is 8.75. The van der Waals surface area contributed by atoms with Crippen molar-refractivity contribution >= 4 is 85.2 Å². The normalized spacial score (nSPS) is 11.3. The molecule has 11 heteroatoms. The fraction of sp³-hybridized carbons (Fsp3) is 0.500. The minimum absolute atomic E-state index is 1.13. The molecule has 0 aliphatic carbocycles. The molecule has 0 fully saturated rings. The highest BCUT2D eigenvalue weighted by atomic mass is 35.6. The first kappa shape index (κ1) is 37.8. The summed E-state index contributed by atoms with van der Waals surface area (Å²) in [5.41, 5.74) is 10.2. The quantitative estimate of drug-likeness (QED) is 0.162. The monoisotopic (exact) mass is 681 g/mol. The maximum Gasteiger partial charge on any atom is 0.254 e. The molecule has 0 aliphatic heterocycles. The lowest BCUT2D eigenvalue weighted by atomic mass is 10.1. The van der Waals surface area contributed by atoms with Gasteiger partial charge in [0.25, 0.3) is 7.38 Å². The van der Waals surface area contributed by atoms with Crippen LogP contribution < -0.4 is 59.7 Å². The van der Waals surface area contributed by atoms with E-state index in [0.717, 1.165) is 66.7 Å². The lowest BCUT2D eigenvalue weighted by molar-refractivity contribution is 1.05. The van der Waals surface area contributed by atoms with Gasteiger partial charge in [0, 0.05) is 127 Å². The van der Waals surface area contributed by atoms with Crippen molar-refractivity contribution in [1.29, 1.82) is 0 Å². The van der Waals surface area contributed by atoms with Crippen LogP contribution >= 0.6 is 11.1 Å². The van der Waals surface area contributed by atoms with E-state index in [9.17, 15) is 0 Å². The molecule has 0 aromatic heterocycles. The molecule has 0 amide bonds. The summed E-state index contributed by atoms with van der Waals surface area (Å²) in [7, 11) is 34.8. The molecule has 260 valence electrons. The highest BCUT2D eigenvalue weighted by Crippen LogP contribution is 2.43. The van der Waals surface area contributed by atoms with E-state index in [2.05, 4.69) is 207 Å². The van der Waals surface area contributed by atoms with Crippen LogP contribution in [0.25, 0.3) is 0 Å². The molecule has 0 N–H and O–H groups in total. The number of halogens is 1. The summed E-state index contributed by atoms with van der Waals surface area (Å²) in [5.74, 6) is 0. The predicted molar refractivity (Wildman–Crippen MR) is 219 cm³/mol. The van der Waals surface area contributed by atoms with E-state index < -0.39 is 7.38 Å². The molecule has 3 aromatic carbocycles. The first-order valence-electron chi connectivity index (χ1n) is 16.0. The Balaban J connectivity index is 2.84. The second kappa shape index (κ2) is 14.2. The Labute approximate surface area is 291 Å². The van der Waals surface area contributed by atoms with Gasteiger partial charge < -0.3 is 44.1 Å². The van der Waals surface area contributed by atoms with Crippen molar-refractivity contribution in [2.75, 3.05) is 171 Å². The van der Waals surface area contributed by atoms with Gasteiger partial charge in [0.2, 0.25) is 0 Å². The molecule has 9 nitrogen and oxygen atoms in total. The number of nitrogens with zero attached hydrogens (tertiary/aromatic N) is 9. The fourth-order valence-corrected chi connectivity index (χ4v) is 11.9. The van der Waals surface area contributed by atoms with Gasteiger partial charge in [-0.2, -0.15) is 0 Å². The van der Waals surface area contributed by atoms with E-state index in [-0.39, 0.29) is 0 Å². The zero-order chi connectivity index (χ0) is 35.9. The van der Waals surface area contributed by atoms with Gasteiger partial charge in [0.15, 0.2) is 0 Å². The van der Waals surface area contributed by atoms with Crippen molar-refractivity contribution in [2.45, 2.75) is 0 Å². The van der Waals surface area contributed by atoms with Crippen LogP contribution in [0.5, 0.6) is 0 Å². The van der Waals surface area contributed by atoms with Crippen LogP contribution in [0.15, 0.2) is 36.4 Å². The predicted octanol–water partition coefficient (Wildman–Crippen LogP) is 3.49. The molecular formula is C36H60ClN9Si. The van der Waals surface area contributed by atoms with Crippen LogP contribution in [-0.2, 0) is 0 Å². The largest absolute Gasteiger partial charge is 0.376 e. The van der Waals surface area contributed by atoms with Crippen LogP contribution in [0.3, 0.4) is 0 Å². The summed E-state index contributed by atoms with van der Waals surface area (Å²) in [6.07, 6.45) is 0. The van der Waals surface area contributed by atoms with Crippen LogP contribution in [0, 0.1) is 0 Å². The van der Waals surface area contributed by atoms with E-state index in [1.54, 1.807) is 0 Å². The minimum Gasteiger partial charge on any atom is -0.376 e. The molecule has 47 heavy (non-hydrogen) atoms. The lowest BCUT2D eigenvalue weighted by Crippen LogP contribution is -2.65. The average molecular weight is 682 g/mol. The van der Waals surface area contributed by atoms with Crippen LogP contribution in [-0.4, -0.2) is 134 Å². The number of hydrogen-bond donors (Lipinski definition) is 0. The molecule has 0 saturated carbocycles. The molecular weight excluding hydrogens is 622 g/mol. The number of hydrogen-bond acceptors (Lipinski definition) is 9. The van der Waals surface area contributed by atoms with Crippen molar-refractivity contribution in [3.05, 3.63) is 36.4 Å². The molecule has 0 bridgehead atoms. The zero-order valence-electron chi connectivity index (χ0n) is 32.4. The van der Waals surface area contributed by atoms with Crippen LogP contribution in [0.4, 0.5) is 51.2 Å². The SMILES string of the molecule is CN(C)c1ccc([Si](Cl)(c2ccc(N(C)C)c(N(C)C)c2N(C)C)c2ccc(N(C)C)c(N(C)C)c2N(C)C)c(N(C)C)c1N(C)C. The first-order valence-corrected chi connectivity index (χ1v) is 19.0. The number of rotatable bonds is 12. The van der Waals surface area contributed by atoms with E-state index in [4.69, 9.17) is 11.1 Å². The summed E-state index contributed by atoms with van der Waals surface area (Å²) >= 11 is 8.75. The summed E-state index contributed by atoms with van der Waals surface area (Å²) < 4.78 is 0. The van der Waals surface area contributed by atoms with Crippen molar-refractivity contribution in [1.82, 2.24) is 0 Å². The summed E-state index contributed by atoms with van der Waals surface area (Å²) in [6.45, 7) is 0. The Bertz CT molecular complexity index is 1380. The maximum atomic E-state index is 8.75. The van der Waals surface area contributed by atoms with Gasteiger partial charge in [0.05, 0.1) is 51.2 Å². The molecule has 0 atom stereocenters. The Morgan fingerprint density at radius 2 is 0.489 bits per heavy atom. The molecule has 0 aliphatic rings. The first-order chi connectivity index (χ1) is 21.7.